The lowest BCUT2D eigenvalue weighted by Crippen LogP contribution is -2.16. The summed E-state index contributed by atoms with van der Waals surface area (Å²) in [4.78, 5) is 19.3. The molecule has 21 heavy (non-hydrogen) atoms. The summed E-state index contributed by atoms with van der Waals surface area (Å²) in [5, 5.41) is 0. The predicted octanol–water partition coefficient (Wildman–Crippen LogP) is 2.05. The van der Waals surface area contributed by atoms with Gasteiger partial charge < -0.3 is 19.2 Å². The molecule has 2 aromatic rings. The van der Waals surface area contributed by atoms with Crippen LogP contribution in [0.3, 0.4) is 0 Å². The van der Waals surface area contributed by atoms with Gasteiger partial charge in [-0.05, 0) is 25.5 Å². The molecule has 0 unspecified atom stereocenters. The van der Waals surface area contributed by atoms with Crippen LogP contribution in [0.15, 0.2) is 16.9 Å². The highest BCUT2D eigenvalue weighted by Gasteiger charge is 2.21. The van der Waals surface area contributed by atoms with E-state index in [0.717, 1.165) is 11.3 Å². The Bertz CT molecular complexity index is 752. The number of nitrogens with one attached hydrogen (secondary N) is 1. The van der Waals surface area contributed by atoms with Crippen molar-refractivity contribution in [1.82, 2.24) is 9.97 Å². The lowest BCUT2D eigenvalue weighted by molar-refractivity contribution is 0.171. The van der Waals surface area contributed by atoms with E-state index in [9.17, 15) is 4.79 Å². The number of aryl methyl sites for hydroxylation is 1. The van der Waals surface area contributed by atoms with Crippen molar-refractivity contribution < 1.29 is 14.2 Å². The van der Waals surface area contributed by atoms with E-state index in [1.807, 2.05) is 13.8 Å². The van der Waals surface area contributed by atoms with Crippen molar-refractivity contribution in [3.05, 3.63) is 33.7 Å². The van der Waals surface area contributed by atoms with E-state index in [1.54, 1.807) is 19.2 Å². The van der Waals surface area contributed by atoms with Gasteiger partial charge in [0.1, 0.15) is 5.82 Å². The van der Waals surface area contributed by atoms with E-state index < -0.39 is 0 Å². The maximum atomic E-state index is 12.1. The Morgan fingerprint density at radius 3 is 2.86 bits per heavy atom. The van der Waals surface area contributed by atoms with Crippen LogP contribution in [0.5, 0.6) is 17.2 Å². The fourth-order valence-electron chi connectivity index (χ4n) is 2.43. The van der Waals surface area contributed by atoms with Gasteiger partial charge in [-0.1, -0.05) is 6.92 Å². The summed E-state index contributed by atoms with van der Waals surface area (Å²) in [6.45, 7) is 3.93. The molecule has 0 aliphatic carbocycles. The third kappa shape index (κ3) is 2.22. The lowest BCUT2D eigenvalue weighted by Gasteiger charge is -2.09. The number of H-pyrrole nitrogens is 1. The van der Waals surface area contributed by atoms with Crippen molar-refractivity contribution in [3.63, 3.8) is 0 Å². The van der Waals surface area contributed by atoms with Crippen LogP contribution in [0.25, 0.3) is 11.4 Å². The summed E-state index contributed by atoms with van der Waals surface area (Å²) >= 11 is 0. The van der Waals surface area contributed by atoms with Crippen molar-refractivity contribution in [2.75, 3.05) is 13.9 Å². The number of methoxy groups -OCH3 is 1. The van der Waals surface area contributed by atoms with E-state index in [2.05, 4.69) is 9.97 Å². The summed E-state index contributed by atoms with van der Waals surface area (Å²) in [7, 11) is 1.56. The number of fused-ring (bicyclic) bond motifs is 1. The van der Waals surface area contributed by atoms with Crippen LogP contribution in [-0.4, -0.2) is 23.9 Å². The van der Waals surface area contributed by atoms with E-state index in [4.69, 9.17) is 14.2 Å². The molecule has 0 fully saturated rings. The highest BCUT2D eigenvalue weighted by Crippen LogP contribution is 2.43. The van der Waals surface area contributed by atoms with Crippen LogP contribution < -0.4 is 19.8 Å². The molecule has 0 saturated heterocycles. The standard InChI is InChI=1S/C15H16N2O4/c1-4-10-8(2)16-14(17-15(10)18)9-5-11(19-3)13-12(6-9)20-7-21-13/h5-6H,4,7H2,1-3H3,(H,16,17,18). The number of nitrogens with zero attached hydrogens (tertiary/aromatic N) is 1. The smallest absolute Gasteiger partial charge is 0.254 e. The second kappa shape index (κ2) is 5.12. The Balaban J connectivity index is 2.15. The molecule has 0 atom stereocenters. The molecule has 0 saturated carbocycles. The fourth-order valence-corrected chi connectivity index (χ4v) is 2.43. The van der Waals surface area contributed by atoms with E-state index >= 15 is 0 Å². The molecule has 6 heteroatoms. The minimum Gasteiger partial charge on any atom is -0.493 e. The maximum absolute atomic E-state index is 12.1. The zero-order chi connectivity index (χ0) is 15.0. The maximum Gasteiger partial charge on any atom is 0.254 e. The van der Waals surface area contributed by atoms with Crippen LogP contribution in [0.1, 0.15) is 18.2 Å². The van der Waals surface area contributed by atoms with Crippen molar-refractivity contribution in [1.29, 1.82) is 0 Å². The molecule has 0 radical (unpaired) electrons. The number of hydrogen-bond acceptors (Lipinski definition) is 5. The number of aromatic nitrogens is 2. The molecule has 1 aliphatic rings. The summed E-state index contributed by atoms with van der Waals surface area (Å²) in [6.07, 6.45) is 0.652. The molecule has 0 spiro atoms. The van der Waals surface area contributed by atoms with Crippen molar-refractivity contribution in [2.24, 2.45) is 0 Å². The van der Waals surface area contributed by atoms with Gasteiger partial charge in [0.2, 0.25) is 12.5 Å². The number of benzene rings is 1. The zero-order valence-corrected chi connectivity index (χ0v) is 12.1. The number of hydrogen-bond donors (Lipinski definition) is 1. The van der Waals surface area contributed by atoms with Gasteiger partial charge in [-0.2, -0.15) is 0 Å². The molecule has 0 amide bonds. The van der Waals surface area contributed by atoms with Crippen molar-refractivity contribution >= 4 is 0 Å². The minimum atomic E-state index is -0.114. The summed E-state index contributed by atoms with van der Waals surface area (Å²) in [5.74, 6) is 2.21. The van der Waals surface area contributed by atoms with Gasteiger partial charge in [-0.3, -0.25) is 4.79 Å². The highest BCUT2D eigenvalue weighted by atomic mass is 16.7. The van der Waals surface area contributed by atoms with Crippen molar-refractivity contribution in [3.8, 4) is 28.6 Å². The second-order valence-electron chi connectivity index (χ2n) is 4.74. The third-order valence-corrected chi connectivity index (χ3v) is 3.51. The van der Waals surface area contributed by atoms with Gasteiger partial charge in [0, 0.05) is 16.8 Å². The lowest BCUT2D eigenvalue weighted by atomic mass is 10.1. The Morgan fingerprint density at radius 2 is 2.19 bits per heavy atom. The van der Waals surface area contributed by atoms with E-state index in [0.29, 0.717) is 35.1 Å². The second-order valence-corrected chi connectivity index (χ2v) is 4.74. The molecule has 1 aliphatic heterocycles. The molecule has 1 N–H and O–H groups in total. The Kier molecular flexibility index (Phi) is 3.29. The molecule has 1 aromatic carbocycles. The number of ether oxygens (including phenoxy) is 3. The Labute approximate surface area is 121 Å². The summed E-state index contributed by atoms with van der Waals surface area (Å²) in [6, 6.07) is 3.56. The van der Waals surface area contributed by atoms with Gasteiger partial charge in [-0.25, -0.2) is 4.98 Å². The predicted molar refractivity (Wildman–Crippen MR) is 77.1 cm³/mol. The topological polar surface area (TPSA) is 73.4 Å². The average molecular weight is 288 g/mol. The first-order valence-corrected chi connectivity index (χ1v) is 6.71. The van der Waals surface area contributed by atoms with E-state index in [-0.39, 0.29) is 12.4 Å². The molecule has 2 heterocycles. The van der Waals surface area contributed by atoms with Crippen LogP contribution in [0.2, 0.25) is 0 Å². The normalized spacial score (nSPS) is 12.5. The number of aromatic amines is 1. The van der Waals surface area contributed by atoms with E-state index in [1.165, 1.54) is 0 Å². The summed E-state index contributed by atoms with van der Waals surface area (Å²) in [5.41, 5.74) is 2.04. The van der Waals surface area contributed by atoms with Crippen LogP contribution >= 0.6 is 0 Å². The van der Waals surface area contributed by atoms with Gasteiger partial charge >= 0.3 is 0 Å². The monoisotopic (exact) mass is 288 g/mol. The van der Waals surface area contributed by atoms with Crippen LogP contribution in [-0.2, 0) is 6.42 Å². The molecule has 6 nitrogen and oxygen atoms in total. The zero-order valence-electron chi connectivity index (χ0n) is 12.1. The van der Waals surface area contributed by atoms with Gasteiger partial charge in [0.15, 0.2) is 11.5 Å². The van der Waals surface area contributed by atoms with Crippen molar-refractivity contribution in [2.45, 2.75) is 20.3 Å². The Hall–Kier alpha value is -2.50. The molecule has 3 rings (SSSR count). The molecule has 110 valence electrons. The summed E-state index contributed by atoms with van der Waals surface area (Å²) < 4.78 is 16.0. The van der Waals surface area contributed by atoms with Crippen LogP contribution in [0, 0.1) is 6.92 Å². The molecular weight excluding hydrogens is 272 g/mol. The van der Waals surface area contributed by atoms with Gasteiger partial charge in [0.05, 0.1) is 7.11 Å². The fraction of sp³-hybridized carbons (Fsp3) is 0.333. The highest BCUT2D eigenvalue weighted by molar-refractivity contribution is 5.67. The largest absolute Gasteiger partial charge is 0.493 e. The Morgan fingerprint density at radius 1 is 1.38 bits per heavy atom. The average Bonchev–Trinajstić information content (AvgIpc) is 2.94. The quantitative estimate of drug-likeness (QED) is 0.935. The first-order chi connectivity index (χ1) is 10.1. The molecule has 0 bridgehead atoms. The molecule has 1 aromatic heterocycles. The van der Waals surface area contributed by atoms with Gasteiger partial charge in [-0.15, -0.1) is 0 Å². The van der Waals surface area contributed by atoms with Crippen LogP contribution in [0.4, 0.5) is 0 Å². The number of rotatable bonds is 3. The first kappa shape index (κ1) is 13.5. The minimum absolute atomic E-state index is 0.114. The first-order valence-electron chi connectivity index (χ1n) is 6.71. The molecular formula is C15H16N2O4. The third-order valence-electron chi connectivity index (χ3n) is 3.51. The van der Waals surface area contributed by atoms with Gasteiger partial charge in [0.25, 0.3) is 5.56 Å². The SMILES string of the molecule is CCc1c(C)nc(-c2cc(OC)c3c(c2)OCO3)[nH]c1=O.